The van der Waals surface area contributed by atoms with Gasteiger partial charge in [-0.15, -0.1) is 0 Å². The maximum absolute atomic E-state index is 12.0. The molecular formula is C16H24N2O4S. The lowest BCUT2D eigenvalue weighted by molar-refractivity contribution is -0.134. The van der Waals surface area contributed by atoms with E-state index in [9.17, 15) is 13.2 Å². The van der Waals surface area contributed by atoms with Gasteiger partial charge in [-0.05, 0) is 50.5 Å². The van der Waals surface area contributed by atoms with Crippen LogP contribution in [0, 0.1) is 0 Å². The molecule has 0 radical (unpaired) electrons. The number of likely N-dealkylation sites (tertiary alicyclic amines) is 1. The van der Waals surface area contributed by atoms with Gasteiger partial charge in [0.1, 0.15) is 5.75 Å². The number of ether oxygens (including phenoxy) is 1. The molecule has 0 aliphatic carbocycles. The first-order valence-electron chi connectivity index (χ1n) is 7.90. The molecule has 7 heteroatoms. The summed E-state index contributed by atoms with van der Waals surface area (Å²) in [5, 5.41) is 0. The van der Waals surface area contributed by atoms with E-state index in [4.69, 9.17) is 4.74 Å². The van der Waals surface area contributed by atoms with Crippen LogP contribution in [0.15, 0.2) is 24.3 Å². The maximum Gasteiger partial charge on any atom is 0.260 e. The Hall–Kier alpha value is -1.76. The number of piperidine rings is 1. The fraction of sp³-hybridized carbons (Fsp3) is 0.562. The summed E-state index contributed by atoms with van der Waals surface area (Å²) in [4.78, 5) is 13.9. The van der Waals surface area contributed by atoms with Crippen molar-refractivity contribution in [2.75, 3.05) is 36.8 Å². The number of nitrogens with zero attached hydrogens (tertiary/aromatic N) is 2. The quantitative estimate of drug-likeness (QED) is 0.793. The van der Waals surface area contributed by atoms with Crippen molar-refractivity contribution in [3.05, 3.63) is 24.3 Å². The molecule has 1 saturated heterocycles. The van der Waals surface area contributed by atoms with Crippen molar-refractivity contribution >= 4 is 21.6 Å². The van der Waals surface area contributed by atoms with Gasteiger partial charge in [0.2, 0.25) is 10.0 Å². The Morgan fingerprint density at radius 1 is 1.17 bits per heavy atom. The van der Waals surface area contributed by atoms with Crippen LogP contribution in [0.25, 0.3) is 0 Å². The van der Waals surface area contributed by atoms with Gasteiger partial charge < -0.3 is 9.64 Å². The van der Waals surface area contributed by atoms with Gasteiger partial charge in [-0.2, -0.15) is 0 Å². The van der Waals surface area contributed by atoms with Gasteiger partial charge in [-0.25, -0.2) is 8.42 Å². The number of anilines is 1. The Labute approximate surface area is 138 Å². The second-order valence-corrected chi connectivity index (χ2v) is 7.56. The van der Waals surface area contributed by atoms with Crippen molar-refractivity contribution in [3.63, 3.8) is 0 Å². The van der Waals surface area contributed by atoms with Gasteiger partial charge >= 0.3 is 0 Å². The Bertz CT molecular complexity index is 622. The smallest absolute Gasteiger partial charge is 0.260 e. The van der Waals surface area contributed by atoms with Crippen LogP contribution in [-0.4, -0.2) is 51.7 Å². The molecule has 0 saturated carbocycles. The normalized spacial score (nSPS) is 15.3. The maximum atomic E-state index is 12.0. The van der Waals surface area contributed by atoms with Crippen molar-refractivity contribution in [1.29, 1.82) is 0 Å². The number of amides is 1. The molecule has 0 atom stereocenters. The summed E-state index contributed by atoms with van der Waals surface area (Å²) >= 11 is 0. The Balaban J connectivity index is 1.93. The van der Waals surface area contributed by atoms with Crippen molar-refractivity contribution in [2.24, 2.45) is 0 Å². The van der Waals surface area contributed by atoms with Gasteiger partial charge in [0, 0.05) is 19.6 Å². The van der Waals surface area contributed by atoms with Gasteiger partial charge in [0.05, 0.1) is 11.9 Å². The molecule has 0 aromatic heterocycles. The molecule has 1 amide bonds. The summed E-state index contributed by atoms with van der Waals surface area (Å²) in [6.45, 7) is 3.78. The minimum atomic E-state index is -3.29. The van der Waals surface area contributed by atoms with E-state index in [1.807, 2.05) is 4.90 Å². The van der Waals surface area contributed by atoms with Gasteiger partial charge in [0.25, 0.3) is 5.91 Å². The third kappa shape index (κ3) is 4.86. The van der Waals surface area contributed by atoms with Gasteiger partial charge in [0.15, 0.2) is 6.61 Å². The minimum Gasteiger partial charge on any atom is -0.484 e. The molecule has 1 aliphatic rings. The van der Waals surface area contributed by atoms with Crippen molar-refractivity contribution in [2.45, 2.75) is 26.2 Å². The molecule has 1 aromatic rings. The number of carbonyl (C=O) groups is 1. The highest BCUT2D eigenvalue weighted by atomic mass is 32.2. The zero-order valence-electron chi connectivity index (χ0n) is 13.7. The molecule has 6 nitrogen and oxygen atoms in total. The SMILES string of the molecule is CCN(c1ccc(OCC(=O)N2CCCCC2)cc1)S(C)(=O)=O. The predicted octanol–water partition coefficient (Wildman–Crippen LogP) is 1.86. The molecule has 0 bridgehead atoms. The van der Waals surface area contributed by atoms with E-state index in [1.165, 1.54) is 17.0 Å². The lowest BCUT2D eigenvalue weighted by Crippen LogP contribution is -2.38. The van der Waals surface area contributed by atoms with Gasteiger partial charge in [-0.1, -0.05) is 0 Å². The Morgan fingerprint density at radius 2 is 1.78 bits per heavy atom. The van der Waals surface area contributed by atoms with E-state index in [-0.39, 0.29) is 12.5 Å². The molecule has 23 heavy (non-hydrogen) atoms. The molecule has 1 heterocycles. The molecule has 1 aliphatic heterocycles. The summed E-state index contributed by atoms with van der Waals surface area (Å²) in [7, 11) is -3.29. The van der Waals surface area contributed by atoms with E-state index >= 15 is 0 Å². The van der Waals surface area contributed by atoms with Crippen molar-refractivity contribution < 1.29 is 17.9 Å². The topological polar surface area (TPSA) is 66.9 Å². The molecule has 0 unspecified atom stereocenters. The fourth-order valence-electron chi connectivity index (χ4n) is 2.70. The van der Waals surface area contributed by atoms with Crippen LogP contribution in [0.1, 0.15) is 26.2 Å². The number of hydrogen-bond acceptors (Lipinski definition) is 4. The van der Waals surface area contributed by atoms with Crippen LogP contribution in [0.5, 0.6) is 5.75 Å². The fourth-order valence-corrected chi connectivity index (χ4v) is 3.67. The average molecular weight is 340 g/mol. The number of benzene rings is 1. The van der Waals surface area contributed by atoms with Crippen LogP contribution in [0.2, 0.25) is 0 Å². The van der Waals surface area contributed by atoms with Crippen LogP contribution >= 0.6 is 0 Å². The second-order valence-electron chi connectivity index (χ2n) is 5.65. The zero-order chi connectivity index (χ0) is 16.9. The van der Waals surface area contributed by atoms with E-state index in [0.29, 0.717) is 18.0 Å². The third-order valence-electron chi connectivity index (χ3n) is 3.88. The average Bonchev–Trinajstić information content (AvgIpc) is 2.54. The summed E-state index contributed by atoms with van der Waals surface area (Å²) in [6, 6.07) is 6.75. The lowest BCUT2D eigenvalue weighted by atomic mass is 10.1. The number of rotatable bonds is 6. The minimum absolute atomic E-state index is 0.0000900. The van der Waals surface area contributed by atoms with E-state index in [2.05, 4.69) is 0 Å². The first-order chi connectivity index (χ1) is 10.9. The molecule has 1 aromatic carbocycles. The van der Waals surface area contributed by atoms with Crippen molar-refractivity contribution in [1.82, 2.24) is 4.90 Å². The van der Waals surface area contributed by atoms with Crippen molar-refractivity contribution in [3.8, 4) is 5.75 Å². The van der Waals surface area contributed by atoms with E-state index < -0.39 is 10.0 Å². The largest absolute Gasteiger partial charge is 0.484 e. The highest BCUT2D eigenvalue weighted by Gasteiger charge is 2.17. The molecular weight excluding hydrogens is 316 g/mol. The molecule has 128 valence electrons. The molecule has 0 N–H and O–H groups in total. The number of hydrogen-bond donors (Lipinski definition) is 0. The first kappa shape index (κ1) is 17.6. The predicted molar refractivity (Wildman–Crippen MR) is 90.2 cm³/mol. The third-order valence-corrected chi connectivity index (χ3v) is 5.15. The Morgan fingerprint density at radius 3 is 2.30 bits per heavy atom. The standard InChI is InChI=1S/C16H24N2O4S/c1-3-18(23(2,20)21)14-7-9-15(10-8-14)22-13-16(19)17-11-5-4-6-12-17/h7-10H,3-6,11-13H2,1-2H3. The summed E-state index contributed by atoms with van der Waals surface area (Å²) < 4.78 is 30.2. The summed E-state index contributed by atoms with van der Waals surface area (Å²) in [5.74, 6) is 0.559. The molecule has 2 rings (SSSR count). The monoisotopic (exact) mass is 340 g/mol. The Kier molecular flexibility index (Phi) is 5.87. The summed E-state index contributed by atoms with van der Waals surface area (Å²) in [6.07, 6.45) is 4.47. The van der Waals surface area contributed by atoms with E-state index in [1.54, 1.807) is 31.2 Å². The summed E-state index contributed by atoms with van der Waals surface area (Å²) in [5.41, 5.74) is 0.588. The highest BCUT2D eigenvalue weighted by Crippen LogP contribution is 2.21. The highest BCUT2D eigenvalue weighted by molar-refractivity contribution is 7.92. The zero-order valence-corrected chi connectivity index (χ0v) is 14.5. The van der Waals surface area contributed by atoms with E-state index in [0.717, 1.165) is 25.9 Å². The lowest BCUT2D eigenvalue weighted by Gasteiger charge is -2.26. The van der Waals surface area contributed by atoms with Crippen LogP contribution in [-0.2, 0) is 14.8 Å². The second kappa shape index (κ2) is 7.68. The van der Waals surface area contributed by atoms with Crippen LogP contribution < -0.4 is 9.04 Å². The van der Waals surface area contributed by atoms with Crippen LogP contribution in [0.4, 0.5) is 5.69 Å². The number of carbonyl (C=O) groups excluding carboxylic acids is 1. The molecule has 1 fully saturated rings. The van der Waals surface area contributed by atoms with Crippen LogP contribution in [0.3, 0.4) is 0 Å². The molecule has 0 spiro atoms. The number of sulfonamides is 1. The van der Waals surface area contributed by atoms with Gasteiger partial charge in [-0.3, -0.25) is 9.10 Å². The first-order valence-corrected chi connectivity index (χ1v) is 9.75.